The quantitative estimate of drug-likeness (QED) is 0.930. The van der Waals surface area contributed by atoms with Crippen molar-refractivity contribution < 1.29 is 9.53 Å². The number of carbonyl (C=O) groups is 1. The second-order valence-corrected chi connectivity index (χ2v) is 6.75. The topological polar surface area (TPSA) is 41.6 Å². The summed E-state index contributed by atoms with van der Waals surface area (Å²) in [6.07, 6.45) is 3.49. The maximum atomic E-state index is 12.4. The predicted octanol–water partition coefficient (Wildman–Crippen LogP) is 2.70. The van der Waals surface area contributed by atoms with Crippen LogP contribution in [0.25, 0.3) is 0 Å². The van der Waals surface area contributed by atoms with Gasteiger partial charge in [-0.3, -0.25) is 10.1 Å². The van der Waals surface area contributed by atoms with Crippen LogP contribution in [0.4, 0.5) is 0 Å². The van der Waals surface area contributed by atoms with Gasteiger partial charge >= 0.3 is 0 Å². The largest absolute Gasteiger partial charge is 0.497 e. The van der Waals surface area contributed by atoms with Gasteiger partial charge in [-0.25, -0.2) is 0 Å². The third kappa shape index (κ3) is 2.53. The van der Waals surface area contributed by atoms with E-state index in [1.54, 1.807) is 7.11 Å². The Balaban J connectivity index is 1.88. The van der Waals surface area contributed by atoms with Gasteiger partial charge in [0.25, 0.3) is 0 Å². The SMILES string of the molecule is COc1ccc(C2NCC(=O)N2C2CCCC2(C)C)cc1. The molecule has 4 nitrogen and oxygen atoms in total. The number of rotatable bonds is 3. The van der Waals surface area contributed by atoms with Gasteiger partial charge in [0.05, 0.1) is 13.7 Å². The van der Waals surface area contributed by atoms with Crippen molar-refractivity contribution in [1.82, 2.24) is 10.2 Å². The van der Waals surface area contributed by atoms with Crippen LogP contribution >= 0.6 is 0 Å². The predicted molar refractivity (Wildman–Crippen MR) is 82.0 cm³/mol. The third-order valence-corrected chi connectivity index (χ3v) is 4.98. The molecule has 0 radical (unpaired) electrons. The highest BCUT2D eigenvalue weighted by molar-refractivity contribution is 5.81. The van der Waals surface area contributed by atoms with Crippen LogP contribution in [0.2, 0.25) is 0 Å². The molecule has 3 rings (SSSR count). The average molecular weight is 288 g/mol. The fraction of sp³-hybridized carbons (Fsp3) is 0.588. The summed E-state index contributed by atoms with van der Waals surface area (Å²) in [6.45, 7) is 4.99. The van der Waals surface area contributed by atoms with Gasteiger partial charge in [-0.15, -0.1) is 0 Å². The highest BCUT2D eigenvalue weighted by Crippen LogP contribution is 2.44. The molecule has 0 spiro atoms. The van der Waals surface area contributed by atoms with Gasteiger partial charge < -0.3 is 9.64 Å². The van der Waals surface area contributed by atoms with Gasteiger partial charge in [-0.2, -0.15) is 0 Å². The molecule has 0 bridgehead atoms. The van der Waals surface area contributed by atoms with Crippen molar-refractivity contribution in [2.75, 3.05) is 13.7 Å². The fourth-order valence-corrected chi connectivity index (χ4v) is 3.76. The van der Waals surface area contributed by atoms with Crippen LogP contribution in [-0.4, -0.2) is 30.5 Å². The summed E-state index contributed by atoms with van der Waals surface area (Å²) in [5.41, 5.74) is 1.33. The number of ether oxygens (including phenoxy) is 1. The second kappa shape index (κ2) is 5.34. The molecule has 1 amide bonds. The zero-order valence-electron chi connectivity index (χ0n) is 13.1. The van der Waals surface area contributed by atoms with Crippen molar-refractivity contribution in [3.63, 3.8) is 0 Å². The molecule has 2 atom stereocenters. The highest BCUT2D eigenvalue weighted by atomic mass is 16.5. The summed E-state index contributed by atoms with van der Waals surface area (Å²) in [7, 11) is 1.67. The molecular formula is C17H24N2O2. The third-order valence-electron chi connectivity index (χ3n) is 4.98. The van der Waals surface area contributed by atoms with E-state index in [9.17, 15) is 4.79 Å². The Morgan fingerprint density at radius 1 is 1.29 bits per heavy atom. The van der Waals surface area contributed by atoms with E-state index in [1.165, 1.54) is 12.8 Å². The van der Waals surface area contributed by atoms with Gasteiger partial charge in [-0.1, -0.05) is 32.4 Å². The number of hydrogen-bond donors (Lipinski definition) is 1. The van der Waals surface area contributed by atoms with E-state index in [0.29, 0.717) is 12.6 Å². The monoisotopic (exact) mass is 288 g/mol. The summed E-state index contributed by atoms with van der Waals surface area (Å²) in [6, 6.07) is 8.33. The van der Waals surface area contributed by atoms with E-state index in [4.69, 9.17) is 4.74 Å². The lowest BCUT2D eigenvalue weighted by atomic mass is 9.86. The van der Waals surface area contributed by atoms with Gasteiger partial charge in [-0.05, 0) is 36.0 Å². The van der Waals surface area contributed by atoms with Crippen LogP contribution in [0.1, 0.15) is 44.8 Å². The molecule has 1 N–H and O–H groups in total. The van der Waals surface area contributed by atoms with E-state index in [1.807, 2.05) is 24.3 Å². The lowest BCUT2D eigenvalue weighted by Crippen LogP contribution is -2.45. The summed E-state index contributed by atoms with van der Waals surface area (Å²) < 4.78 is 5.21. The number of hydrogen-bond acceptors (Lipinski definition) is 3. The van der Waals surface area contributed by atoms with Crippen molar-refractivity contribution in [3.8, 4) is 5.75 Å². The lowest BCUT2D eigenvalue weighted by Gasteiger charge is -2.38. The zero-order valence-corrected chi connectivity index (χ0v) is 13.1. The molecule has 1 aromatic rings. The van der Waals surface area contributed by atoms with E-state index in [0.717, 1.165) is 17.7 Å². The Hall–Kier alpha value is -1.55. The van der Waals surface area contributed by atoms with Crippen molar-refractivity contribution in [1.29, 1.82) is 0 Å². The number of methoxy groups -OCH3 is 1. The van der Waals surface area contributed by atoms with Crippen LogP contribution < -0.4 is 10.1 Å². The average Bonchev–Trinajstić information content (AvgIpc) is 3.01. The summed E-state index contributed by atoms with van der Waals surface area (Å²) >= 11 is 0. The van der Waals surface area contributed by atoms with E-state index < -0.39 is 0 Å². The molecule has 114 valence electrons. The number of nitrogens with zero attached hydrogens (tertiary/aromatic N) is 1. The van der Waals surface area contributed by atoms with Crippen molar-refractivity contribution in [3.05, 3.63) is 29.8 Å². The van der Waals surface area contributed by atoms with Crippen LogP contribution in [-0.2, 0) is 4.79 Å². The van der Waals surface area contributed by atoms with Crippen LogP contribution in [0.5, 0.6) is 5.75 Å². The Labute approximate surface area is 126 Å². The molecule has 2 fully saturated rings. The minimum Gasteiger partial charge on any atom is -0.497 e. The Bertz CT molecular complexity index is 524. The van der Waals surface area contributed by atoms with Gasteiger partial charge in [0.1, 0.15) is 11.9 Å². The first-order valence-electron chi connectivity index (χ1n) is 7.71. The smallest absolute Gasteiger partial charge is 0.238 e. The molecule has 2 aliphatic rings. The highest BCUT2D eigenvalue weighted by Gasteiger charge is 2.45. The first kappa shape index (κ1) is 14.4. The molecule has 21 heavy (non-hydrogen) atoms. The molecule has 1 heterocycles. The number of amides is 1. The summed E-state index contributed by atoms with van der Waals surface area (Å²) in [4.78, 5) is 14.5. The molecular weight excluding hydrogens is 264 g/mol. The van der Waals surface area contributed by atoms with Crippen LogP contribution in [0.15, 0.2) is 24.3 Å². The Kier molecular flexibility index (Phi) is 3.66. The van der Waals surface area contributed by atoms with Crippen molar-refractivity contribution in [2.24, 2.45) is 5.41 Å². The van der Waals surface area contributed by atoms with E-state index in [2.05, 4.69) is 24.1 Å². The van der Waals surface area contributed by atoms with Gasteiger partial charge in [0.2, 0.25) is 5.91 Å². The first-order valence-corrected chi connectivity index (χ1v) is 7.71. The second-order valence-electron chi connectivity index (χ2n) is 6.75. The molecule has 1 saturated carbocycles. The van der Waals surface area contributed by atoms with Crippen LogP contribution in [0.3, 0.4) is 0 Å². The molecule has 1 aliphatic heterocycles. The molecule has 1 aromatic carbocycles. The molecule has 4 heteroatoms. The van der Waals surface area contributed by atoms with Crippen LogP contribution in [0, 0.1) is 5.41 Å². The minimum absolute atomic E-state index is 0.00854. The zero-order chi connectivity index (χ0) is 15.0. The molecule has 1 aliphatic carbocycles. The van der Waals surface area contributed by atoms with E-state index in [-0.39, 0.29) is 17.5 Å². The minimum atomic E-state index is -0.00854. The normalized spacial score (nSPS) is 28.1. The maximum absolute atomic E-state index is 12.4. The van der Waals surface area contributed by atoms with Gasteiger partial charge in [0.15, 0.2) is 0 Å². The Morgan fingerprint density at radius 3 is 2.57 bits per heavy atom. The number of carbonyl (C=O) groups excluding carboxylic acids is 1. The Morgan fingerprint density at radius 2 is 2.00 bits per heavy atom. The molecule has 1 saturated heterocycles. The standard InChI is InChI=1S/C17H24N2O2/c1-17(2)10-4-5-14(17)19-15(20)11-18-16(19)12-6-8-13(21-3)9-7-12/h6-9,14,16,18H,4-5,10-11H2,1-3H3. The maximum Gasteiger partial charge on any atom is 0.238 e. The molecule has 0 aromatic heterocycles. The van der Waals surface area contributed by atoms with Gasteiger partial charge in [0, 0.05) is 6.04 Å². The summed E-state index contributed by atoms with van der Waals surface area (Å²) in [5.74, 6) is 1.06. The first-order chi connectivity index (χ1) is 10.0. The van der Waals surface area contributed by atoms with Crippen molar-refractivity contribution >= 4 is 5.91 Å². The molecule has 2 unspecified atom stereocenters. The fourth-order valence-electron chi connectivity index (χ4n) is 3.76. The van der Waals surface area contributed by atoms with Crippen molar-refractivity contribution in [2.45, 2.75) is 45.3 Å². The van der Waals surface area contributed by atoms with E-state index >= 15 is 0 Å². The number of nitrogens with one attached hydrogen (secondary N) is 1. The lowest BCUT2D eigenvalue weighted by molar-refractivity contribution is -0.132. The number of benzene rings is 1. The summed E-state index contributed by atoms with van der Waals surface area (Å²) in [5, 5.41) is 3.36.